The lowest BCUT2D eigenvalue weighted by molar-refractivity contribution is -0.218. The number of rotatable bonds is 2. The third-order valence-corrected chi connectivity index (χ3v) is 11.0. The Morgan fingerprint density at radius 2 is 1.87 bits per heavy atom. The van der Waals surface area contributed by atoms with Crippen molar-refractivity contribution in [2.24, 2.45) is 45.7 Å². The average molecular weight is 416 g/mol. The zero-order valence-electron chi connectivity index (χ0n) is 19.1. The van der Waals surface area contributed by atoms with Crippen molar-refractivity contribution in [1.29, 1.82) is 0 Å². The fourth-order valence-electron chi connectivity index (χ4n) is 9.15. The molecule has 2 bridgehead atoms. The van der Waals surface area contributed by atoms with Gasteiger partial charge in [-0.3, -0.25) is 9.59 Å². The summed E-state index contributed by atoms with van der Waals surface area (Å²) in [5.41, 5.74) is 7.22. The summed E-state index contributed by atoms with van der Waals surface area (Å²) in [5, 5.41) is 11.7. The molecule has 0 heterocycles. The van der Waals surface area contributed by atoms with Gasteiger partial charge in [-0.1, -0.05) is 27.7 Å². The highest BCUT2D eigenvalue weighted by Gasteiger charge is 2.74. The molecule has 0 aromatic carbocycles. The van der Waals surface area contributed by atoms with Gasteiger partial charge in [0, 0.05) is 40.9 Å². The molecule has 30 heavy (non-hydrogen) atoms. The largest absolute Gasteiger partial charge is 0.459 e. The molecule has 0 aromatic rings. The molecular weight excluding hydrogens is 378 g/mol. The second-order valence-electron chi connectivity index (χ2n) is 11.8. The number of ketones is 1. The maximum Gasteiger partial charge on any atom is 0.306 e. The summed E-state index contributed by atoms with van der Waals surface area (Å²) in [7, 11) is 0. The normalized spacial score (nSPS) is 54.1. The molecule has 5 aliphatic rings. The van der Waals surface area contributed by atoms with Crippen LogP contribution in [0.5, 0.6) is 0 Å². The molecule has 5 rings (SSSR count). The van der Waals surface area contributed by atoms with Gasteiger partial charge in [-0.15, -0.1) is 0 Å². The van der Waals surface area contributed by atoms with Crippen LogP contribution >= 0.6 is 0 Å². The van der Waals surface area contributed by atoms with Crippen LogP contribution < -0.4 is 5.73 Å². The number of Topliss-reactive ketones (excluding diaryl/α,β-unsaturated/α-hetero) is 1. The van der Waals surface area contributed by atoms with Crippen molar-refractivity contribution in [1.82, 2.24) is 0 Å². The minimum Gasteiger partial charge on any atom is -0.459 e. The van der Waals surface area contributed by atoms with Crippen LogP contribution in [0.25, 0.3) is 0 Å². The number of fused-ring (bicyclic) bond motifs is 6. The number of allylic oxidation sites excluding steroid dienone is 2. The first kappa shape index (κ1) is 20.5. The van der Waals surface area contributed by atoms with Crippen molar-refractivity contribution < 1.29 is 19.4 Å². The minimum absolute atomic E-state index is 0.127. The summed E-state index contributed by atoms with van der Waals surface area (Å²) in [4.78, 5) is 25.2. The molecule has 4 fully saturated rings. The van der Waals surface area contributed by atoms with Gasteiger partial charge in [0.25, 0.3) is 0 Å². The molecule has 0 saturated heterocycles. The molecule has 0 aromatic heterocycles. The standard InChI is InChI=1S/C25H37NO4/c1-6-17(29)30-25(5)10-7-14-18-13-11-24(4)20(21(13)26)15(27)8-9-22(24,2)19(18)16(28)12-23(14,25)3/h13-14,16,18-19,28H,6-12,26H2,1-5H3/t13-,14?,16-,18?,19?,22?,23?,24-,25+/m1/s1. The van der Waals surface area contributed by atoms with Gasteiger partial charge in [-0.25, -0.2) is 0 Å². The van der Waals surface area contributed by atoms with E-state index in [1.54, 1.807) is 0 Å². The van der Waals surface area contributed by atoms with Crippen LogP contribution in [0.2, 0.25) is 0 Å². The zero-order valence-corrected chi connectivity index (χ0v) is 19.1. The maximum absolute atomic E-state index is 12.9. The van der Waals surface area contributed by atoms with Gasteiger partial charge in [-0.2, -0.15) is 0 Å². The second kappa shape index (κ2) is 5.90. The fraction of sp³-hybridized carbons (Fsp3) is 0.840. The van der Waals surface area contributed by atoms with Crippen molar-refractivity contribution in [2.75, 3.05) is 0 Å². The van der Waals surface area contributed by atoms with E-state index in [9.17, 15) is 14.7 Å². The summed E-state index contributed by atoms with van der Waals surface area (Å²) < 4.78 is 6.06. The van der Waals surface area contributed by atoms with Crippen LogP contribution in [-0.2, 0) is 14.3 Å². The highest BCUT2D eigenvalue weighted by atomic mass is 16.6. The smallest absolute Gasteiger partial charge is 0.306 e. The van der Waals surface area contributed by atoms with E-state index in [4.69, 9.17) is 10.5 Å². The number of aliphatic hydroxyl groups is 1. The van der Waals surface area contributed by atoms with E-state index in [0.29, 0.717) is 25.2 Å². The first-order valence-corrected chi connectivity index (χ1v) is 11.9. The number of hydrogen-bond acceptors (Lipinski definition) is 5. The molecule has 9 atom stereocenters. The molecule has 3 N–H and O–H groups in total. The maximum atomic E-state index is 12.9. The Labute approximate surface area is 179 Å². The molecule has 0 aliphatic heterocycles. The summed E-state index contributed by atoms with van der Waals surface area (Å²) in [6.45, 7) is 10.7. The predicted molar refractivity (Wildman–Crippen MR) is 113 cm³/mol. The number of esters is 1. The summed E-state index contributed by atoms with van der Waals surface area (Å²) in [6.07, 6.45) is 4.64. The molecule has 5 nitrogen and oxygen atoms in total. The third kappa shape index (κ3) is 2.09. The van der Waals surface area contributed by atoms with Gasteiger partial charge in [0.05, 0.1) is 6.10 Å². The molecule has 4 saturated carbocycles. The number of aliphatic hydroxyl groups excluding tert-OH is 1. The molecular formula is C25H37NO4. The van der Waals surface area contributed by atoms with Gasteiger partial charge >= 0.3 is 5.97 Å². The molecule has 5 aliphatic carbocycles. The summed E-state index contributed by atoms with van der Waals surface area (Å²) >= 11 is 0. The minimum atomic E-state index is -0.566. The fourth-order valence-corrected chi connectivity index (χ4v) is 9.15. The Morgan fingerprint density at radius 3 is 2.53 bits per heavy atom. The van der Waals surface area contributed by atoms with Gasteiger partial charge < -0.3 is 15.6 Å². The molecule has 166 valence electrons. The number of carbonyl (C=O) groups is 2. The number of nitrogens with two attached hydrogens (primary N) is 1. The van der Waals surface area contributed by atoms with E-state index in [-0.39, 0.29) is 45.8 Å². The van der Waals surface area contributed by atoms with Crippen molar-refractivity contribution in [3.05, 3.63) is 11.3 Å². The molecule has 0 amide bonds. The van der Waals surface area contributed by atoms with Crippen LogP contribution in [0, 0.1) is 39.9 Å². The predicted octanol–water partition coefficient (Wildman–Crippen LogP) is 3.73. The Kier molecular flexibility index (Phi) is 4.04. The molecule has 5 heteroatoms. The van der Waals surface area contributed by atoms with Gasteiger partial charge in [0.15, 0.2) is 5.78 Å². The number of ether oxygens (including phenoxy) is 1. The van der Waals surface area contributed by atoms with Crippen LogP contribution in [0.3, 0.4) is 0 Å². The van der Waals surface area contributed by atoms with Gasteiger partial charge in [-0.05, 0) is 62.2 Å². The molecule has 0 radical (unpaired) electrons. The zero-order chi connectivity index (χ0) is 21.9. The van der Waals surface area contributed by atoms with Gasteiger partial charge in [0.1, 0.15) is 5.60 Å². The van der Waals surface area contributed by atoms with Crippen LogP contribution in [0.4, 0.5) is 0 Å². The van der Waals surface area contributed by atoms with Crippen LogP contribution in [0.1, 0.15) is 79.6 Å². The highest BCUT2D eigenvalue weighted by molar-refractivity contribution is 5.99. The quantitative estimate of drug-likeness (QED) is 0.671. The highest BCUT2D eigenvalue weighted by Crippen LogP contribution is 2.76. The number of hydrogen-bond donors (Lipinski definition) is 2. The third-order valence-electron chi connectivity index (χ3n) is 11.0. The lowest BCUT2D eigenvalue weighted by atomic mass is 9.39. The van der Waals surface area contributed by atoms with Crippen molar-refractivity contribution >= 4 is 11.8 Å². The Morgan fingerprint density at radius 1 is 1.17 bits per heavy atom. The van der Waals surface area contributed by atoms with E-state index in [1.807, 2.05) is 6.92 Å². The first-order valence-electron chi connectivity index (χ1n) is 11.9. The van der Waals surface area contributed by atoms with Gasteiger partial charge in [0.2, 0.25) is 0 Å². The van der Waals surface area contributed by atoms with Crippen molar-refractivity contribution in [2.45, 2.75) is 91.3 Å². The van der Waals surface area contributed by atoms with E-state index in [1.165, 1.54) is 0 Å². The van der Waals surface area contributed by atoms with E-state index < -0.39 is 11.7 Å². The van der Waals surface area contributed by atoms with E-state index >= 15 is 0 Å². The summed E-state index contributed by atoms with van der Waals surface area (Å²) in [6, 6.07) is 0. The van der Waals surface area contributed by atoms with Crippen molar-refractivity contribution in [3.8, 4) is 0 Å². The molecule has 5 unspecified atom stereocenters. The van der Waals surface area contributed by atoms with E-state index in [0.717, 1.165) is 37.0 Å². The Hall–Kier alpha value is -1.36. The average Bonchev–Trinajstić information content (AvgIpc) is 3.08. The van der Waals surface area contributed by atoms with Crippen LogP contribution in [0.15, 0.2) is 11.3 Å². The topological polar surface area (TPSA) is 89.6 Å². The Bertz CT molecular complexity index is 865. The number of carbonyl (C=O) groups excluding carboxylic acids is 2. The lowest BCUT2D eigenvalue weighted by Gasteiger charge is -2.65. The van der Waals surface area contributed by atoms with Crippen molar-refractivity contribution in [3.63, 3.8) is 0 Å². The Balaban J connectivity index is 1.63. The first-order chi connectivity index (χ1) is 13.9. The second-order valence-corrected chi connectivity index (χ2v) is 11.8. The monoisotopic (exact) mass is 415 g/mol. The lowest BCUT2D eigenvalue weighted by Crippen LogP contribution is -2.64. The summed E-state index contributed by atoms with van der Waals surface area (Å²) in [5.74, 6) is 0.909. The van der Waals surface area contributed by atoms with E-state index in [2.05, 4.69) is 27.7 Å². The molecule has 0 spiro atoms. The van der Waals surface area contributed by atoms with Crippen LogP contribution in [-0.4, -0.2) is 28.6 Å². The SMILES string of the molecule is CCC(=O)O[C@@]1(C)CCC2C3C([C@H](O)CC21C)C1(C)CCC(=O)C2=C(N)[C@@H]3C[C@]21C.